The van der Waals surface area contributed by atoms with E-state index < -0.39 is 11.8 Å². The number of aryl methyl sites for hydroxylation is 1. The zero-order valence-electron chi connectivity index (χ0n) is 35.4. The van der Waals surface area contributed by atoms with E-state index in [-0.39, 0.29) is 47.6 Å². The van der Waals surface area contributed by atoms with E-state index in [2.05, 4.69) is 53.5 Å². The average molecular weight is 865 g/mol. The zero-order chi connectivity index (χ0) is 43.3. The third kappa shape index (κ3) is 8.27. The van der Waals surface area contributed by atoms with Gasteiger partial charge in [-0.1, -0.05) is 11.6 Å². The number of carbonyl (C=O) groups excluding carboxylic acids is 3. The maximum atomic E-state index is 13.2. The van der Waals surface area contributed by atoms with Crippen LogP contribution >= 0.6 is 11.6 Å². The number of anilines is 4. The molecule has 4 aromatic heterocycles. The Hall–Kier alpha value is -5.81. The van der Waals surface area contributed by atoms with Crippen molar-refractivity contribution in [2.75, 3.05) is 67.5 Å². The fraction of sp³-hybridized carbons (Fsp3) is 0.500. The van der Waals surface area contributed by atoms with Crippen LogP contribution in [-0.2, 0) is 21.4 Å². The summed E-state index contributed by atoms with van der Waals surface area (Å²) in [5.74, 6) is 0.511. The molecule has 7 heterocycles. The quantitative estimate of drug-likeness (QED) is 0.147. The van der Waals surface area contributed by atoms with Crippen molar-refractivity contribution in [3.63, 3.8) is 0 Å². The Labute approximate surface area is 363 Å². The number of halogens is 1. The van der Waals surface area contributed by atoms with Gasteiger partial charge in [0.15, 0.2) is 11.6 Å². The minimum Gasteiger partial charge on any atom is -0.487 e. The molecule has 18 heteroatoms. The summed E-state index contributed by atoms with van der Waals surface area (Å²) in [6.07, 6.45) is 8.91. The number of fused-ring (bicyclic) bond motifs is 2. The number of imide groups is 1. The first kappa shape index (κ1) is 41.5. The van der Waals surface area contributed by atoms with Crippen LogP contribution in [0, 0.1) is 11.3 Å². The van der Waals surface area contributed by atoms with E-state index in [1.54, 1.807) is 23.0 Å². The van der Waals surface area contributed by atoms with Crippen molar-refractivity contribution in [2.45, 2.75) is 70.8 Å². The minimum atomic E-state index is -0.507. The van der Waals surface area contributed by atoms with Crippen molar-refractivity contribution < 1.29 is 19.1 Å². The van der Waals surface area contributed by atoms with Gasteiger partial charge in [-0.3, -0.25) is 38.6 Å². The Morgan fingerprint density at radius 3 is 2.52 bits per heavy atom. The normalized spacial score (nSPS) is 19.7. The smallest absolute Gasteiger partial charge is 0.294 e. The number of benzene rings is 1. The van der Waals surface area contributed by atoms with Gasteiger partial charge in [0, 0.05) is 87.2 Å². The molecule has 1 saturated carbocycles. The molecule has 3 saturated heterocycles. The fourth-order valence-corrected chi connectivity index (χ4v) is 9.91. The van der Waals surface area contributed by atoms with Crippen LogP contribution in [0.25, 0.3) is 21.9 Å². The molecule has 3 amide bonds. The van der Waals surface area contributed by atoms with Crippen LogP contribution in [0.3, 0.4) is 0 Å². The van der Waals surface area contributed by atoms with Crippen LogP contribution in [0.4, 0.5) is 23.1 Å². The van der Waals surface area contributed by atoms with Gasteiger partial charge in [0.25, 0.3) is 5.56 Å². The van der Waals surface area contributed by atoms with Gasteiger partial charge in [-0.2, -0.15) is 10.1 Å². The van der Waals surface area contributed by atoms with Crippen molar-refractivity contribution >= 4 is 74.4 Å². The van der Waals surface area contributed by atoms with Crippen molar-refractivity contribution in [1.29, 1.82) is 0 Å². The SMILES string of the molecule is CC(C)n1c(=O)c(OCCC(N)=O)cc2cc(Nc3nc(N4CC5(CCC(CN6CCN(c7ccc8c(C9CCC(=O)NC9=O)nn(C)c8c7)CC6)CC5)C4)ncc3Cl)cnc21. The number of piperidine rings is 1. The molecule has 1 aliphatic carbocycles. The molecule has 3 aliphatic heterocycles. The summed E-state index contributed by atoms with van der Waals surface area (Å²) < 4.78 is 9.09. The lowest BCUT2D eigenvalue weighted by molar-refractivity contribution is -0.134. The number of hydrogen-bond donors (Lipinski definition) is 3. The lowest BCUT2D eigenvalue weighted by Gasteiger charge is -2.54. The number of ether oxygens (including phenoxy) is 1. The second-order valence-electron chi connectivity index (χ2n) is 17.8. The van der Waals surface area contributed by atoms with Crippen LogP contribution in [0.2, 0.25) is 5.02 Å². The number of primary amides is 1. The van der Waals surface area contributed by atoms with E-state index in [9.17, 15) is 19.2 Å². The van der Waals surface area contributed by atoms with Crippen LogP contribution in [-0.4, -0.2) is 104 Å². The summed E-state index contributed by atoms with van der Waals surface area (Å²) in [5, 5.41) is 12.5. The molecule has 5 aromatic rings. The molecule has 4 fully saturated rings. The molecule has 0 radical (unpaired) electrons. The van der Waals surface area contributed by atoms with Gasteiger partial charge in [0.2, 0.25) is 23.7 Å². The number of nitrogens with two attached hydrogens (primary N) is 1. The lowest BCUT2D eigenvalue weighted by atomic mass is 9.66. The molecule has 1 unspecified atom stereocenters. The molecule has 326 valence electrons. The third-order valence-corrected chi connectivity index (χ3v) is 13.4. The largest absolute Gasteiger partial charge is 0.487 e. The molecule has 0 bridgehead atoms. The van der Waals surface area contributed by atoms with Gasteiger partial charge in [-0.15, -0.1) is 0 Å². The predicted octanol–water partition coefficient (Wildman–Crippen LogP) is 4.64. The van der Waals surface area contributed by atoms with Crippen molar-refractivity contribution in [3.05, 3.63) is 63.8 Å². The lowest BCUT2D eigenvalue weighted by Crippen LogP contribution is -2.58. The zero-order valence-corrected chi connectivity index (χ0v) is 36.2. The van der Waals surface area contributed by atoms with Crippen LogP contribution in [0.1, 0.15) is 76.4 Å². The number of rotatable bonds is 12. The number of hydrogen-bond acceptors (Lipinski definition) is 13. The first-order chi connectivity index (χ1) is 29.8. The first-order valence-corrected chi connectivity index (χ1v) is 22.0. The molecule has 17 nitrogen and oxygen atoms in total. The van der Waals surface area contributed by atoms with Crippen molar-refractivity contribution in [1.82, 2.24) is 39.5 Å². The number of aromatic nitrogens is 6. The summed E-state index contributed by atoms with van der Waals surface area (Å²) in [4.78, 5) is 70.1. The van der Waals surface area contributed by atoms with Crippen LogP contribution < -0.4 is 36.5 Å². The summed E-state index contributed by atoms with van der Waals surface area (Å²) in [7, 11) is 1.92. The second-order valence-corrected chi connectivity index (χ2v) is 18.2. The Balaban J connectivity index is 0.771. The van der Waals surface area contributed by atoms with Gasteiger partial charge < -0.3 is 25.6 Å². The summed E-state index contributed by atoms with van der Waals surface area (Å²) in [6, 6.07) is 9.72. The number of piperazine rings is 1. The fourth-order valence-electron chi connectivity index (χ4n) is 9.78. The number of nitrogens with zero attached hydrogens (tertiary/aromatic N) is 9. The molecule has 9 rings (SSSR count). The Kier molecular flexibility index (Phi) is 11.3. The topological polar surface area (TPSA) is 199 Å². The Bertz CT molecular complexity index is 2600. The van der Waals surface area contributed by atoms with E-state index in [1.165, 1.54) is 31.4 Å². The summed E-state index contributed by atoms with van der Waals surface area (Å²) in [6.45, 7) is 10.7. The minimum absolute atomic E-state index is 0.000671. The maximum absolute atomic E-state index is 13.2. The van der Waals surface area contributed by atoms with E-state index in [0.717, 1.165) is 62.4 Å². The molecule has 1 aromatic carbocycles. The number of amides is 3. The van der Waals surface area contributed by atoms with Gasteiger partial charge >= 0.3 is 0 Å². The molecular weight excluding hydrogens is 812 g/mol. The first-order valence-electron chi connectivity index (χ1n) is 21.6. The van der Waals surface area contributed by atoms with E-state index in [1.807, 2.05) is 31.6 Å². The molecule has 4 N–H and O–H groups in total. The predicted molar refractivity (Wildman–Crippen MR) is 237 cm³/mol. The van der Waals surface area contributed by atoms with Gasteiger partial charge in [0.05, 0.1) is 48.2 Å². The highest BCUT2D eigenvalue weighted by Crippen LogP contribution is 2.47. The standard InChI is InChI=1S/C44H53ClN12O5/c1-26(2)57-40-28(19-35(42(57)61)62-17-10-36(46)58)18-29(21-47-40)49-39-33(45)22-48-43(51-39)56-24-44(25-56)11-8-27(9-12-44)23-54-13-15-55(16-14-54)30-4-5-31-34(20-30)53(3)52-38(31)32-6-7-37(59)50-41(32)60/h4-5,18-22,26-27,32H,6-17,23-25H2,1-3H3,(H2,46,58)(H,48,49,51)(H,50,59,60). The highest BCUT2D eigenvalue weighted by Gasteiger charge is 2.46. The Morgan fingerprint density at radius 2 is 1.79 bits per heavy atom. The van der Waals surface area contributed by atoms with Crippen molar-refractivity contribution in [3.8, 4) is 5.75 Å². The third-order valence-electron chi connectivity index (χ3n) is 13.1. The number of pyridine rings is 2. The Morgan fingerprint density at radius 1 is 1.02 bits per heavy atom. The van der Waals surface area contributed by atoms with Gasteiger partial charge in [0.1, 0.15) is 10.7 Å². The van der Waals surface area contributed by atoms with E-state index in [0.29, 0.717) is 52.3 Å². The highest BCUT2D eigenvalue weighted by atomic mass is 35.5. The van der Waals surface area contributed by atoms with Crippen LogP contribution in [0.5, 0.6) is 5.75 Å². The van der Waals surface area contributed by atoms with Gasteiger partial charge in [-0.05, 0) is 82.2 Å². The summed E-state index contributed by atoms with van der Waals surface area (Å²) >= 11 is 6.60. The molecular formula is C44H53ClN12O5. The molecule has 62 heavy (non-hydrogen) atoms. The second kappa shape index (κ2) is 16.8. The van der Waals surface area contributed by atoms with E-state index in [4.69, 9.17) is 32.2 Å². The molecule has 1 spiro atoms. The van der Waals surface area contributed by atoms with Crippen molar-refractivity contribution in [2.24, 2.45) is 24.1 Å². The molecule has 1 atom stereocenters. The number of nitrogens with one attached hydrogen (secondary N) is 2. The highest BCUT2D eigenvalue weighted by molar-refractivity contribution is 6.33. The summed E-state index contributed by atoms with van der Waals surface area (Å²) in [5.41, 5.74) is 9.27. The van der Waals surface area contributed by atoms with Crippen LogP contribution in [0.15, 0.2) is 47.5 Å². The molecule has 4 aliphatic rings. The maximum Gasteiger partial charge on any atom is 0.294 e. The number of carbonyl (C=O) groups is 3. The van der Waals surface area contributed by atoms with Gasteiger partial charge in [-0.25, -0.2) is 9.97 Å². The van der Waals surface area contributed by atoms with E-state index >= 15 is 0 Å². The average Bonchev–Trinajstić information content (AvgIpc) is 3.56. The monoisotopic (exact) mass is 864 g/mol.